The van der Waals surface area contributed by atoms with Crippen molar-refractivity contribution in [2.75, 3.05) is 11.4 Å². The van der Waals surface area contributed by atoms with E-state index in [1.165, 1.54) is 0 Å². The van der Waals surface area contributed by atoms with Gasteiger partial charge in [0.15, 0.2) is 0 Å². The number of amides is 1. The summed E-state index contributed by atoms with van der Waals surface area (Å²) in [7, 11) is 0. The standard InChI is InChI=1S/C13H16BrNO/c1-3-10-15(13(16)12(14)4-2)11-8-6-5-7-9-11/h3,5-9,12H,1,4,10H2,2H3/t12-/m0/s1. The van der Waals surface area contributed by atoms with Crippen LogP contribution in [0.4, 0.5) is 5.69 Å². The second-order valence-corrected chi connectivity index (χ2v) is 4.55. The summed E-state index contributed by atoms with van der Waals surface area (Å²) in [6, 6.07) is 9.64. The van der Waals surface area contributed by atoms with E-state index in [0.29, 0.717) is 6.54 Å². The lowest BCUT2D eigenvalue weighted by Gasteiger charge is -2.23. The number of alkyl halides is 1. The third kappa shape index (κ3) is 3.20. The van der Waals surface area contributed by atoms with E-state index in [9.17, 15) is 4.79 Å². The summed E-state index contributed by atoms with van der Waals surface area (Å²) in [6.45, 7) is 6.20. The average Bonchev–Trinajstić information content (AvgIpc) is 2.35. The van der Waals surface area contributed by atoms with Crippen molar-refractivity contribution in [3.8, 4) is 0 Å². The first-order chi connectivity index (χ1) is 7.70. The summed E-state index contributed by atoms with van der Waals surface area (Å²) in [4.78, 5) is 13.7. The molecule has 2 nitrogen and oxygen atoms in total. The van der Waals surface area contributed by atoms with E-state index in [2.05, 4.69) is 22.5 Å². The van der Waals surface area contributed by atoms with E-state index in [1.807, 2.05) is 37.3 Å². The van der Waals surface area contributed by atoms with Gasteiger partial charge >= 0.3 is 0 Å². The highest BCUT2D eigenvalue weighted by Crippen LogP contribution is 2.18. The van der Waals surface area contributed by atoms with Gasteiger partial charge in [-0.05, 0) is 18.6 Å². The van der Waals surface area contributed by atoms with E-state index >= 15 is 0 Å². The molecule has 0 saturated carbocycles. The van der Waals surface area contributed by atoms with Crippen molar-refractivity contribution in [3.05, 3.63) is 43.0 Å². The number of anilines is 1. The quantitative estimate of drug-likeness (QED) is 0.599. The van der Waals surface area contributed by atoms with E-state index < -0.39 is 0 Å². The third-order valence-electron chi connectivity index (χ3n) is 2.27. The second-order valence-electron chi connectivity index (χ2n) is 3.45. The number of hydrogen-bond donors (Lipinski definition) is 0. The molecule has 1 aromatic carbocycles. The number of hydrogen-bond acceptors (Lipinski definition) is 1. The fraction of sp³-hybridized carbons (Fsp3) is 0.308. The summed E-state index contributed by atoms with van der Waals surface area (Å²) in [5, 5.41) is 0. The van der Waals surface area contributed by atoms with Crippen LogP contribution in [-0.2, 0) is 4.79 Å². The SMILES string of the molecule is C=CCN(C(=O)[C@@H](Br)CC)c1ccccc1. The second kappa shape index (κ2) is 6.48. The Morgan fingerprint density at radius 2 is 2.12 bits per heavy atom. The molecule has 86 valence electrons. The minimum absolute atomic E-state index is 0.0774. The highest BCUT2D eigenvalue weighted by atomic mass is 79.9. The molecule has 0 aliphatic rings. The molecular formula is C13H16BrNO. The molecule has 0 N–H and O–H groups in total. The van der Waals surface area contributed by atoms with Gasteiger partial charge in [0.1, 0.15) is 0 Å². The van der Waals surface area contributed by atoms with Gasteiger partial charge in [-0.1, -0.05) is 47.1 Å². The number of halogens is 1. The lowest BCUT2D eigenvalue weighted by molar-refractivity contribution is -0.117. The molecular weight excluding hydrogens is 266 g/mol. The molecule has 0 aliphatic heterocycles. The maximum Gasteiger partial charge on any atom is 0.241 e. The first-order valence-electron chi connectivity index (χ1n) is 5.32. The minimum Gasteiger partial charge on any atom is -0.308 e. The van der Waals surface area contributed by atoms with Crippen LogP contribution in [0.2, 0.25) is 0 Å². The number of benzene rings is 1. The molecule has 0 aliphatic carbocycles. The zero-order valence-electron chi connectivity index (χ0n) is 9.40. The Hall–Kier alpha value is -1.09. The molecule has 16 heavy (non-hydrogen) atoms. The molecule has 0 radical (unpaired) electrons. The molecule has 1 aromatic rings. The van der Waals surface area contributed by atoms with Gasteiger partial charge in [-0.25, -0.2) is 0 Å². The van der Waals surface area contributed by atoms with Crippen molar-refractivity contribution in [2.24, 2.45) is 0 Å². The zero-order chi connectivity index (χ0) is 12.0. The van der Waals surface area contributed by atoms with Gasteiger partial charge in [-0.3, -0.25) is 4.79 Å². The van der Waals surface area contributed by atoms with Gasteiger partial charge in [0, 0.05) is 12.2 Å². The molecule has 1 rings (SSSR count). The van der Waals surface area contributed by atoms with Crippen LogP contribution >= 0.6 is 15.9 Å². The van der Waals surface area contributed by atoms with Crippen LogP contribution in [-0.4, -0.2) is 17.3 Å². The molecule has 0 bridgehead atoms. The van der Waals surface area contributed by atoms with Crippen LogP contribution in [0.15, 0.2) is 43.0 Å². The number of carbonyl (C=O) groups excluding carboxylic acids is 1. The third-order valence-corrected chi connectivity index (χ3v) is 3.31. The van der Waals surface area contributed by atoms with Crippen molar-refractivity contribution in [2.45, 2.75) is 18.2 Å². The van der Waals surface area contributed by atoms with Gasteiger partial charge in [-0.2, -0.15) is 0 Å². The highest BCUT2D eigenvalue weighted by Gasteiger charge is 2.20. The minimum atomic E-state index is -0.132. The normalized spacial score (nSPS) is 11.9. The number of nitrogens with zero attached hydrogens (tertiary/aromatic N) is 1. The molecule has 0 fully saturated rings. The van der Waals surface area contributed by atoms with E-state index in [4.69, 9.17) is 0 Å². The van der Waals surface area contributed by atoms with E-state index in [0.717, 1.165) is 12.1 Å². The number of carbonyl (C=O) groups is 1. The predicted octanol–water partition coefficient (Wildman–Crippen LogP) is 3.38. The Kier molecular flexibility index (Phi) is 5.26. The van der Waals surface area contributed by atoms with Crippen molar-refractivity contribution in [1.82, 2.24) is 0 Å². The molecule has 0 heterocycles. The molecule has 1 amide bonds. The first kappa shape index (κ1) is 13.0. The van der Waals surface area contributed by atoms with Crippen LogP contribution in [0.5, 0.6) is 0 Å². The smallest absolute Gasteiger partial charge is 0.241 e. The number of rotatable bonds is 5. The molecule has 0 spiro atoms. The lowest BCUT2D eigenvalue weighted by atomic mass is 10.2. The van der Waals surface area contributed by atoms with E-state index in [1.54, 1.807) is 11.0 Å². The van der Waals surface area contributed by atoms with E-state index in [-0.39, 0.29) is 10.7 Å². The van der Waals surface area contributed by atoms with Crippen LogP contribution in [0.25, 0.3) is 0 Å². The largest absolute Gasteiger partial charge is 0.308 e. The van der Waals surface area contributed by atoms with Crippen molar-refractivity contribution in [1.29, 1.82) is 0 Å². The summed E-state index contributed by atoms with van der Waals surface area (Å²) < 4.78 is 0. The predicted molar refractivity (Wildman–Crippen MR) is 72.0 cm³/mol. The summed E-state index contributed by atoms with van der Waals surface area (Å²) >= 11 is 3.38. The molecule has 0 unspecified atom stereocenters. The van der Waals surface area contributed by atoms with Gasteiger partial charge < -0.3 is 4.90 Å². The van der Waals surface area contributed by atoms with Gasteiger partial charge in [0.2, 0.25) is 5.91 Å². The van der Waals surface area contributed by atoms with Crippen LogP contribution in [0, 0.1) is 0 Å². The summed E-state index contributed by atoms with van der Waals surface area (Å²) in [5.74, 6) is 0.0774. The topological polar surface area (TPSA) is 20.3 Å². The highest BCUT2D eigenvalue weighted by molar-refractivity contribution is 9.10. The fourth-order valence-electron chi connectivity index (χ4n) is 1.40. The van der Waals surface area contributed by atoms with Gasteiger partial charge in [-0.15, -0.1) is 6.58 Å². The molecule has 0 aromatic heterocycles. The molecule has 3 heteroatoms. The average molecular weight is 282 g/mol. The van der Waals surface area contributed by atoms with Crippen molar-refractivity contribution in [3.63, 3.8) is 0 Å². The maximum absolute atomic E-state index is 12.1. The first-order valence-corrected chi connectivity index (χ1v) is 6.23. The van der Waals surface area contributed by atoms with Crippen LogP contribution in [0.1, 0.15) is 13.3 Å². The Morgan fingerprint density at radius 1 is 1.50 bits per heavy atom. The Labute approximate surface area is 105 Å². The van der Waals surface area contributed by atoms with Crippen molar-refractivity contribution >= 4 is 27.5 Å². The van der Waals surface area contributed by atoms with Crippen LogP contribution in [0.3, 0.4) is 0 Å². The molecule has 1 atom stereocenters. The van der Waals surface area contributed by atoms with Gasteiger partial charge in [0.25, 0.3) is 0 Å². The summed E-state index contributed by atoms with van der Waals surface area (Å²) in [6.07, 6.45) is 2.51. The Balaban J connectivity index is 2.91. The summed E-state index contributed by atoms with van der Waals surface area (Å²) in [5.41, 5.74) is 0.908. The zero-order valence-corrected chi connectivity index (χ0v) is 11.0. The van der Waals surface area contributed by atoms with Gasteiger partial charge in [0.05, 0.1) is 4.83 Å². The Bertz CT molecular complexity index is 350. The van der Waals surface area contributed by atoms with Crippen molar-refractivity contribution < 1.29 is 4.79 Å². The number of para-hydroxylation sites is 1. The lowest BCUT2D eigenvalue weighted by Crippen LogP contribution is -2.36. The molecule has 0 saturated heterocycles. The monoisotopic (exact) mass is 281 g/mol. The van der Waals surface area contributed by atoms with Crippen LogP contribution < -0.4 is 4.90 Å². The Morgan fingerprint density at radius 3 is 2.62 bits per heavy atom. The fourth-order valence-corrected chi connectivity index (χ4v) is 1.65. The maximum atomic E-state index is 12.1.